The number of benzene rings is 2. The molecule has 1 saturated heterocycles. The Morgan fingerprint density at radius 2 is 1.80 bits per heavy atom. The molecule has 1 atom stereocenters. The predicted octanol–water partition coefficient (Wildman–Crippen LogP) is 5.07. The van der Waals surface area contributed by atoms with Gasteiger partial charge in [0.15, 0.2) is 0 Å². The maximum Gasteiger partial charge on any atom is 0.232 e. The molecule has 1 N–H and O–H groups in total. The fourth-order valence-electron chi connectivity index (χ4n) is 4.18. The second-order valence-corrected chi connectivity index (χ2v) is 8.10. The zero-order chi connectivity index (χ0) is 20.4. The van der Waals surface area contributed by atoms with E-state index in [4.69, 9.17) is 11.6 Å². The summed E-state index contributed by atoms with van der Waals surface area (Å²) < 4.78 is 26.7. The number of amides is 1. The van der Waals surface area contributed by atoms with Gasteiger partial charge in [0.25, 0.3) is 0 Å². The Balaban J connectivity index is 0.00000256. The molecule has 0 saturated carbocycles. The number of carbonyl (C=O) groups is 1. The van der Waals surface area contributed by atoms with Crippen LogP contribution in [0.1, 0.15) is 30.7 Å². The lowest BCUT2D eigenvalue weighted by molar-refractivity contribution is -0.117. The van der Waals surface area contributed by atoms with Gasteiger partial charge in [-0.2, -0.15) is 0 Å². The van der Waals surface area contributed by atoms with Gasteiger partial charge in [-0.25, -0.2) is 8.78 Å². The summed E-state index contributed by atoms with van der Waals surface area (Å²) in [5.74, 6) is -0.924. The first-order valence-electron chi connectivity index (χ1n) is 10.0. The molecule has 2 heterocycles. The summed E-state index contributed by atoms with van der Waals surface area (Å²) in [6.07, 6.45) is 2.74. The van der Waals surface area contributed by atoms with Crippen LogP contribution in [0, 0.1) is 11.6 Å². The van der Waals surface area contributed by atoms with Gasteiger partial charge in [-0.15, -0.1) is 12.4 Å². The SMILES string of the molecule is Cl.O=C1Nc2cc(F)ccc2C1CCCCN1CCN(c2ccc(F)c(Cl)c2)CC1. The van der Waals surface area contributed by atoms with Crippen molar-refractivity contribution in [1.29, 1.82) is 0 Å². The lowest BCUT2D eigenvalue weighted by atomic mass is 9.95. The standard InChI is InChI=1S/C22H24ClF2N3O.ClH/c23-19-14-16(5-7-20(19)25)28-11-9-27(10-12-28)8-2-1-3-18-17-6-4-15(24)13-21(17)26-22(18)29;/h4-7,13-14,18H,1-3,8-12H2,(H,26,29);1H. The molecule has 8 heteroatoms. The Morgan fingerprint density at radius 1 is 1.03 bits per heavy atom. The van der Waals surface area contributed by atoms with E-state index in [1.807, 2.05) is 0 Å². The molecule has 1 fully saturated rings. The van der Waals surface area contributed by atoms with Crippen molar-refractivity contribution < 1.29 is 13.6 Å². The first kappa shape index (κ1) is 22.8. The van der Waals surface area contributed by atoms with Crippen LogP contribution in [0.3, 0.4) is 0 Å². The molecule has 162 valence electrons. The van der Waals surface area contributed by atoms with Gasteiger partial charge in [-0.3, -0.25) is 9.69 Å². The molecule has 2 aromatic carbocycles. The summed E-state index contributed by atoms with van der Waals surface area (Å²) in [5.41, 5.74) is 2.47. The third-order valence-corrected chi connectivity index (χ3v) is 6.11. The number of fused-ring (bicyclic) bond motifs is 1. The van der Waals surface area contributed by atoms with Gasteiger partial charge in [-0.1, -0.05) is 24.1 Å². The quantitative estimate of drug-likeness (QED) is 0.617. The number of rotatable bonds is 6. The van der Waals surface area contributed by atoms with Gasteiger partial charge < -0.3 is 10.2 Å². The lowest BCUT2D eigenvalue weighted by Gasteiger charge is -2.36. The fraction of sp³-hybridized carbons (Fsp3) is 0.409. The number of hydrogen-bond acceptors (Lipinski definition) is 3. The van der Waals surface area contributed by atoms with Crippen LogP contribution >= 0.6 is 24.0 Å². The van der Waals surface area contributed by atoms with Crippen molar-refractivity contribution in [3.05, 3.63) is 58.6 Å². The third-order valence-electron chi connectivity index (χ3n) is 5.82. The van der Waals surface area contributed by atoms with Gasteiger partial charge in [0.05, 0.1) is 10.9 Å². The van der Waals surface area contributed by atoms with Gasteiger partial charge in [0.2, 0.25) is 5.91 Å². The van der Waals surface area contributed by atoms with E-state index in [1.165, 1.54) is 18.2 Å². The molecule has 1 amide bonds. The predicted molar refractivity (Wildman–Crippen MR) is 119 cm³/mol. The van der Waals surface area contributed by atoms with Crippen LogP contribution in [0.25, 0.3) is 0 Å². The monoisotopic (exact) mass is 455 g/mol. The van der Waals surface area contributed by atoms with Crippen LogP contribution in [-0.4, -0.2) is 43.5 Å². The summed E-state index contributed by atoms with van der Waals surface area (Å²) in [4.78, 5) is 16.8. The van der Waals surface area contributed by atoms with E-state index in [9.17, 15) is 13.6 Å². The third kappa shape index (κ3) is 5.05. The van der Waals surface area contributed by atoms with Crippen molar-refractivity contribution in [1.82, 2.24) is 4.90 Å². The second-order valence-electron chi connectivity index (χ2n) is 7.70. The van der Waals surface area contributed by atoms with Gasteiger partial charge in [0.1, 0.15) is 11.6 Å². The maximum atomic E-state index is 13.3. The lowest BCUT2D eigenvalue weighted by Crippen LogP contribution is -2.46. The maximum absolute atomic E-state index is 13.3. The molecule has 2 aromatic rings. The smallest absolute Gasteiger partial charge is 0.232 e. The van der Waals surface area contributed by atoms with Crippen LogP contribution in [0.4, 0.5) is 20.2 Å². The zero-order valence-corrected chi connectivity index (χ0v) is 18.1. The number of nitrogens with one attached hydrogen (secondary N) is 1. The van der Waals surface area contributed by atoms with Gasteiger partial charge >= 0.3 is 0 Å². The van der Waals surface area contributed by atoms with Crippen molar-refractivity contribution in [3.63, 3.8) is 0 Å². The zero-order valence-electron chi connectivity index (χ0n) is 16.5. The van der Waals surface area contributed by atoms with Crippen LogP contribution < -0.4 is 10.2 Å². The van der Waals surface area contributed by atoms with Gasteiger partial charge in [-0.05, 0) is 55.3 Å². The highest BCUT2D eigenvalue weighted by molar-refractivity contribution is 6.31. The normalized spacial score (nSPS) is 18.7. The van der Waals surface area contributed by atoms with E-state index in [1.54, 1.807) is 18.2 Å². The van der Waals surface area contributed by atoms with E-state index in [2.05, 4.69) is 15.1 Å². The van der Waals surface area contributed by atoms with Crippen molar-refractivity contribution in [2.45, 2.75) is 25.2 Å². The first-order chi connectivity index (χ1) is 14.0. The van der Waals surface area contributed by atoms with Crippen LogP contribution in [0.2, 0.25) is 5.02 Å². The molecular formula is C22H25Cl2F2N3O. The number of unbranched alkanes of at least 4 members (excludes halogenated alkanes) is 1. The molecule has 1 unspecified atom stereocenters. The van der Waals surface area contributed by atoms with Crippen molar-refractivity contribution >= 4 is 41.3 Å². The molecule has 4 rings (SSSR count). The number of anilines is 2. The second kappa shape index (κ2) is 9.94. The minimum atomic E-state index is -0.391. The molecular weight excluding hydrogens is 431 g/mol. The Kier molecular flexibility index (Phi) is 7.55. The van der Waals surface area contributed by atoms with Crippen molar-refractivity contribution in [3.8, 4) is 0 Å². The molecule has 0 spiro atoms. The highest BCUT2D eigenvalue weighted by Crippen LogP contribution is 2.36. The number of carbonyl (C=O) groups excluding carboxylic acids is 1. The van der Waals surface area contributed by atoms with E-state index < -0.39 is 5.82 Å². The molecule has 2 aliphatic rings. The Bertz CT molecular complexity index is 904. The highest BCUT2D eigenvalue weighted by Gasteiger charge is 2.30. The summed E-state index contributed by atoms with van der Waals surface area (Å²) in [5, 5.41) is 2.94. The molecule has 0 radical (unpaired) electrons. The van der Waals surface area contributed by atoms with E-state index in [0.717, 1.165) is 63.2 Å². The van der Waals surface area contributed by atoms with E-state index in [-0.39, 0.29) is 35.1 Å². The summed E-state index contributed by atoms with van der Waals surface area (Å²) in [6, 6.07) is 9.39. The Labute approximate surface area is 186 Å². The Morgan fingerprint density at radius 3 is 2.53 bits per heavy atom. The first-order valence-corrected chi connectivity index (χ1v) is 10.4. The number of nitrogens with zero attached hydrogens (tertiary/aromatic N) is 2. The number of piperazine rings is 1. The van der Waals surface area contributed by atoms with Crippen molar-refractivity contribution in [2.75, 3.05) is 42.9 Å². The average molecular weight is 456 g/mol. The molecule has 0 aliphatic carbocycles. The minimum absolute atomic E-state index is 0. The van der Waals surface area contributed by atoms with E-state index in [0.29, 0.717) is 5.69 Å². The van der Waals surface area contributed by atoms with Crippen LogP contribution in [0.5, 0.6) is 0 Å². The molecule has 2 aliphatic heterocycles. The van der Waals surface area contributed by atoms with E-state index >= 15 is 0 Å². The Hall–Kier alpha value is -1.89. The highest BCUT2D eigenvalue weighted by atomic mass is 35.5. The largest absolute Gasteiger partial charge is 0.369 e. The van der Waals surface area contributed by atoms with Crippen molar-refractivity contribution in [2.24, 2.45) is 0 Å². The summed E-state index contributed by atoms with van der Waals surface area (Å²) >= 11 is 5.89. The topological polar surface area (TPSA) is 35.6 Å². The molecule has 0 aromatic heterocycles. The number of halogens is 4. The average Bonchev–Trinajstić information content (AvgIpc) is 3.02. The van der Waals surface area contributed by atoms with Crippen LogP contribution in [-0.2, 0) is 4.79 Å². The van der Waals surface area contributed by atoms with Crippen LogP contribution in [0.15, 0.2) is 36.4 Å². The fourth-order valence-corrected chi connectivity index (χ4v) is 4.36. The molecule has 4 nitrogen and oxygen atoms in total. The van der Waals surface area contributed by atoms with Gasteiger partial charge in [0, 0.05) is 37.6 Å². The molecule has 30 heavy (non-hydrogen) atoms. The number of hydrogen-bond donors (Lipinski definition) is 1. The molecule has 0 bridgehead atoms. The summed E-state index contributed by atoms with van der Waals surface area (Å²) in [6.45, 7) is 4.64. The minimum Gasteiger partial charge on any atom is -0.369 e. The summed E-state index contributed by atoms with van der Waals surface area (Å²) in [7, 11) is 0.